The van der Waals surface area contributed by atoms with Crippen molar-refractivity contribution in [2.75, 3.05) is 13.8 Å². The highest BCUT2D eigenvalue weighted by Gasteiger charge is 2.15. The first-order chi connectivity index (χ1) is 7.17. The van der Waals surface area contributed by atoms with E-state index in [9.17, 15) is 9.18 Å². The zero-order valence-corrected chi connectivity index (χ0v) is 8.44. The number of aliphatic carboxylic acids is 1. The molecule has 3 nitrogen and oxygen atoms in total. The van der Waals surface area contributed by atoms with Crippen molar-refractivity contribution >= 4 is 5.97 Å². The summed E-state index contributed by atoms with van der Waals surface area (Å²) in [7, 11) is 1.51. The molecule has 1 aromatic rings. The minimum Gasteiger partial charge on any atom is -0.497 e. The standard InChI is InChI=1S/C11H13FO3/c1-15-10-4-2-3-8(5-10)9(7-12)6-11(13)14/h2-5,9H,6-7H2,1H3,(H,13,14). The smallest absolute Gasteiger partial charge is 0.304 e. The highest BCUT2D eigenvalue weighted by molar-refractivity contribution is 5.68. The highest BCUT2D eigenvalue weighted by atomic mass is 19.1. The lowest BCUT2D eigenvalue weighted by Gasteiger charge is -2.11. The van der Waals surface area contributed by atoms with Gasteiger partial charge in [-0.05, 0) is 17.7 Å². The van der Waals surface area contributed by atoms with Crippen molar-refractivity contribution in [2.24, 2.45) is 0 Å². The minimum absolute atomic E-state index is 0.205. The molecule has 4 heteroatoms. The Morgan fingerprint density at radius 3 is 2.87 bits per heavy atom. The van der Waals surface area contributed by atoms with Crippen LogP contribution in [0.4, 0.5) is 4.39 Å². The molecule has 0 aliphatic carbocycles. The molecule has 15 heavy (non-hydrogen) atoms. The first-order valence-corrected chi connectivity index (χ1v) is 4.59. The maximum atomic E-state index is 12.6. The number of hydrogen-bond donors (Lipinski definition) is 1. The Bertz CT molecular complexity index is 338. The van der Waals surface area contributed by atoms with Crippen LogP contribution in [0, 0.1) is 0 Å². The van der Waals surface area contributed by atoms with Crippen molar-refractivity contribution in [3.05, 3.63) is 29.8 Å². The molecule has 0 spiro atoms. The van der Waals surface area contributed by atoms with Gasteiger partial charge in [-0.3, -0.25) is 9.18 Å². The van der Waals surface area contributed by atoms with E-state index in [1.807, 2.05) is 0 Å². The van der Waals surface area contributed by atoms with Gasteiger partial charge in [0.1, 0.15) is 5.75 Å². The molecule has 1 rings (SSSR count). The van der Waals surface area contributed by atoms with Gasteiger partial charge in [-0.15, -0.1) is 0 Å². The van der Waals surface area contributed by atoms with Gasteiger partial charge in [-0.2, -0.15) is 0 Å². The van der Waals surface area contributed by atoms with E-state index < -0.39 is 18.6 Å². The Morgan fingerprint density at radius 1 is 1.60 bits per heavy atom. The van der Waals surface area contributed by atoms with E-state index in [2.05, 4.69) is 0 Å². The van der Waals surface area contributed by atoms with Crippen LogP contribution in [-0.2, 0) is 4.79 Å². The van der Waals surface area contributed by atoms with E-state index in [1.165, 1.54) is 7.11 Å². The maximum Gasteiger partial charge on any atom is 0.304 e. The zero-order chi connectivity index (χ0) is 11.3. The molecule has 1 aromatic carbocycles. The third kappa shape index (κ3) is 3.23. The van der Waals surface area contributed by atoms with E-state index in [4.69, 9.17) is 9.84 Å². The summed E-state index contributed by atoms with van der Waals surface area (Å²) >= 11 is 0. The van der Waals surface area contributed by atoms with Crippen LogP contribution in [0.2, 0.25) is 0 Å². The lowest BCUT2D eigenvalue weighted by Crippen LogP contribution is -2.08. The molecule has 0 saturated carbocycles. The fraction of sp³-hybridized carbons (Fsp3) is 0.364. The molecule has 1 atom stereocenters. The fourth-order valence-corrected chi connectivity index (χ4v) is 1.37. The average Bonchev–Trinajstić information content (AvgIpc) is 2.25. The quantitative estimate of drug-likeness (QED) is 0.814. The van der Waals surface area contributed by atoms with Crippen LogP contribution in [0.3, 0.4) is 0 Å². The van der Waals surface area contributed by atoms with Crippen LogP contribution in [0.15, 0.2) is 24.3 Å². The molecule has 0 amide bonds. The molecule has 0 heterocycles. The van der Waals surface area contributed by atoms with Gasteiger partial charge in [-0.25, -0.2) is 0 Å². The molecule has 0 bridgehead atoms. The third-order valence-electron chi connectivity index (χ3n) is 2.17. The van der Waals surface area contributed by atoms with Gasteiger partial charge in [0.05, 0.1) is 20.2 Å². The van der Waals surface area contributed by atoms with E-state index in [0.29, 0.717) is 11.3 Å². The second-order valence-electron chi connectivity index (χ2n) is 3.23. The molecule has 0 aliphatic rings. The second-order valence-corrected chi connectivity index (χ2v) is 3.23. The van der Waals surface area contributed by atoms with E-state index in [-0.39, 0.29) is 6.42 Å². The summed E-state index contributed by atoms with van der Waals surface area (Å²) in [4.78, 5) is 10.5. The van der Waals surface area contributed by atoms with Gasteiger partial charge in [0.25, 0.3) is 0 Å². The van der Waals surface area contributed by atoms with E-state index in [0.717, 1.165) is 0 Å². The molecular formula is C11H13FO3. The molecule has 1 unspecified atom stereocenters. The predicted octanol–water partition coefficient (Wildman–Crippen LogP) is 2.22. The number of methoxy groups -OCH3 is 1. The number of rotatable bonds is 5. The fourth-order valence-electron chi connectivity index (χ4n) is 1.37. The second kappa shape index (κ2) is 5.34. The van der Waals surface area contributed by atoms with Crippen molar-refractivity contribution < 1.29 is 19.0 Å². The van der Waals surface area contributed by atoms with Crippen LogP contribution in [-0.4, -0.2) is 24.9 Å². The number of halogens is 1. The van der Waals surface area contributed by atoms with Crippen LogP contribution in [0.5, 0.6) is 5.75 Å². The van der Waals surface area contributed by atoms with Gasteiger partial charge in [0.15, 0.2) is 0 Å². The molecule has 0 aliphatic heterocycles. The van der Waals surface area contributed by atoms with Crippen molar-refractivity contribution in [1.29, 1.82) is 0 Å². The van der Waals surface area contributed by atoms with Gasteiger partial charge in [0, 0.05) is 5.92 Å². The molecular weight excluding hydrogens is 199 g/mol. The summed E-state index contributed by atoms with van der Waals surface area (Å²) in [5.41, 5.74) is 0.652. The summed E-state index contributed by atoms with van der Waals surface area (Å²) in [6, 6.07) is 6.82. The Labute approximate surface area is 87.5 Å². The van der Waals surface area contributed by atoms with Crippen molar-refractivity contribution in [3.8, 4) is 5.75 Å². The SMILES string of the molecule is COc1cccc(C(CF)CC(=O)O)c1. The Morgan fingerprint density at radius 2 is 2.33 bits per heavy atom. The lowest BCUT2D eigenvalue weighted by molar-refractivity contribution is -0.137. The lowest BCUT2D eigenvalue weighted by atomic mass is 9.97. The minimum atomic E-state index is -1.000. The number of carboxylic acids is 1. The number of alkyl halides is 1. The molecule has 0 radical (unpaired) electrons. The number of carbonyl (C=O) groups is 1. The van der Waals surface area contributed by atoms with Gasteiger partial charge >= 0.3 is 5.97 Å². The van der Waals surface area contributed by atoms with Gasteiger partial charge < -0.3 is 9.84 Å². The summed E-state index contributed by atoms with van der Waals surface area (Å²) in [6.45, 7) is -0.681. The average molecular weight is 212 g/mol. The summed E-state index contributed by atoms with van der Waals surface area (Å²) < 4.78 is 17.6. The van der Waals surface area contributed by atoms with E-state index in [1.54, 1.807) is 24.3 Å². The van der Waals surface area contributed by atoms with Crippen molar-refractivity contribution in [2.45, 2.75) is 12.3 Å². The number of ether oxygens (including phenoxy) is 1. The molecule has 82 valence electrons. The Balaban J connectivity index is 2.85. The Hall–Kier alpha value is -1.58. The first-order valence-electron chi connectivity index (χ1n) is 4.59. The monoisotopic (exact) mass is 212 g/mol. The third-order valence-corrected chi connectivity index (χ3v) is 2.17. The number of benzene rings is 1. The largest absolute Gasteiger partial charge is 0.497 e. The molecule has 1 N–H and O–H groups in total. The summed E-state index contributed by atoms with van der Waals surface area (Å²) in [5.74, 6) is -0.991. The van der Waals surface area contributed by atoms with Crippen LogP contribution >= 0.6 is 0 Å². The summed E-state index contributed by atoms with van der Waals surface area (Å²) in [6.07, 6.45) is -0.205. The topological polar surface area (TPSA) is 46.5 Å². The van der Waals surface area contributed by atoms with Crippen molar-refractivity contribution in [1.82, 2.24) is 0 Å². The van der Waals surface area contributed by atoms with Gasteiger partial charge in [0.2, 0.25) is 0 Å². The molecule has 0 fully saturated rings. The molecule has 0 saturated heterocycles. The van der Waals surface area contributed by atoms with Crippen LogP contribution in [0.1, 0.15) is 17.9 Å². The van der Waals surface area contributed by atoms with Crippen LogP contribution in [0.25, 0.3) is 0 Å². The maximum absolute atomic E-state index is 12.6. The van der Waals surface area contributed by atoms with Gasteiger partial charge in [-0.1, -0.05) is 12.1 Å². The molecule has 0 aromatic heterocycles. The number of hydrogen-bond acceptors (Lipinski definition) is 2. The normalized spacial score (nSPS) is 12.1. The predicted molar refractivity (Wildman–Crippen MR) is 54.0 cm³/mol. The van der Waals surface area contributed by atoms with Crippen molar-refractivity contribution in [3.63, 3.8) is 0 Å². The van der Waals surface area contributed by atoms with E-state index >= 15 is 0 Å². The highest BCUT2D eigenvalue weighted by Crippen LogP contribution is 2.24. The summed E-state index contributed by atoms with van der Waals surface area (Å²) in [5, 5.41) is 8.60. The zero-order valence-electron chi connectivity index (χ0n) is 8.44. The first kappa shape index (κ1) is 11.5. The van der Waals surface area contributed by atoms with Crippen LogP contribution < -0.4 is 4.74 Å². The Kier molecular flexibility index (Phi) is 4.09. The number of carboxylic acid groups (broad SMARTS) is 1.